The summed E-state index contributed by atoms with van der Waals surface area (Å²) < 4.78 is 0. The number of rotatable bonds is 6. The van der Waals surface area contributed by atoms with E-state index in [4.69, 9.17) is 0 Å². The first kappa shape index (κ1) is 18.9. The Balaban J connectivity index is 1.56. The minimum absolute atomic E-state index is 0.0365. The van der Waals surface area contributed by atoms with Gasteiger partial charge in [-0.2, -0.15) is 0 Å². The van der Waals surface area contributed by atoms with Crippen LogP contribution in [0.5, 0.6) is 0 Å². The van der Waals surface area contributed by atoms with Gasteiger partial charge in [0.25, 0.3) is 0 Å². The van der Waals surface area contributed by atoms with E-state index >= 15 is 0 Å². The minimum atomic E-state index is -0.237. The van der Waals surface area contributed by atoms with E-state index in [9.17, 15) is 9.59 Å². The zero-order valence-electron chi connectivity index (χ0n) is 16.0. The van der Waals surface area contributed by atoms with Crippen LogP contribution in [0.1, 0.15) is 51.5 Å². The monoisotopic (exact) mass is 357 g/mol. The molecule has 1 atom stereocenters. The van der Waals surface area contributed by atoms with Gasteiger partial charge in [0.05, 0.1) is 5.92 Å². The summed E-state index contributed by atoms with van der Waals surface area (Å²) in [6.07, 6.45) is 4.87. The predicted octanol–water partition coefficient (Wildman–Crippen LogP) is 3.16. The molecular weight excluding hydrogens is 326 g/mol. The Labute approximate surface area is 156 Å². The van der Waals surface area contributed by atoms with Crippen LogP contribution >= 0.6 is 0 Å². The quantitative estimate of drug-likeness (QED) is 0.822. The second-order valence-electron chi connectivity index (χ2n) is 7.83. The Morgan fingerprint density at radius 2 is 2.00 bits per heavy atom. The molecule has 1 aromatic rings. The maximum atomic E-state index is 12.7. The number of carbonyl (C=O) groups excluding carboxylic acids is 2. The van der Waals surface area contributed by atoms with Crippen LogP contribution in [0.15, 0.2) is 24.3 Å². The Kier molecular flexibility index (Phi) is 6.30. The van der Waals surface area contributed by atoms with Crippen molar-refractivity contribution in [1.29, 1.82) is 0 Å². The van der Waals surface area contributed by atoms with E-state index in [1.54, 1.807) is 0 Å². The number of benzene rings is 1. The zero-order valence-corrected chi connectivity index (χ0v) is 16.0. The number of nitrogens with one attached hydrogen (secondary N) is 2. The van der Waals surface area contributed by atoms with Crippen LogP contribution in [0.3, 0.4) is 0 Å². The van der Waals surface area contributed by atoms with Gasteiger partial charge < -0.3 is 15.5 Å². The summed E-state index contributed by atoms with van der Waals surface area (Å²) in [5.41, 5.74) is 1.95. The number of hydrogen-bond acceptors (Lipinski definition) is 3. The topological polar surface area (TPSA) is 61.4 Å². The van der Waals surface area contributed by atoms with Gasteiger partial charge in [-0.3, -0.25) is 9.59 Å². The fourth-order valence-corrected chi connectivity index (χ4v) is 4.09. The van der Waals surface area contributed by atoms with E-state index in [0.29, 0.717) is 19.0 Å². The first-order chi connectivity index (χ1) is 12.6. The molecule has 1 saturated carbocycles. The van der Waals surface area contributed by atoms with Crippen molar-refractivity contribution in [2.75, 3.05) is 18.4 Å². The summed E-state index contributed by atoms with van der Waals surface area (Å²) in [6, 6.07) is 8.24. The van der Waals surface area contributed by atoms with Crippen molar-refractivity contribution in [2.24, 2.45) is 11.8 Å². The minimum Gasteiger partial charge on any atom is -0.339 e. The van der Waals surface area contributed by atoms with Crippen molar-refractivity contribution < 1.29 is 9.59 Å². The lowest BCUT2D eigenvalue weighted by Crippen LogP contribution is -2.39. The van der Waals surface area contributed by atoms with Crippen LogP contribution in [0, 0.1) is 11.8 Å². The van der Waals surface area contributed by atoms with Gasteiger partial charge >= 0.3 is 0 Å². The summed E-state index contributed by atoms with van der Waals surface area (Å²) in [6.45, 7) is 6.62. The second kappa shape index (κ2) is 8.67. The van der Waals surface area contributed by atoms with Gasteiger partial charge in [0.15, 0.2) is 0 Å². The van der Waals surface area contributed by atoms with Gasteiger partial charge in [0.2, 0.25) is 11.8 Å². The SMILES string of the molecule is CCNCc1cccc(NC(=O)C2CC(=O)N(C3CCC(C)CC3)C2)c1. The van der Waals surface area contributed by atoms with Crippen LogP contribution < -0.4 is 10.6 Å². The third-order valence-corrected chi connectivity index (χ3v) is 5.73. The number of nitrogens with zero attached hydrogens (tertiary/aromatic N) is 1. The number of carbonyl (C=O) groups is 2. The molecule has 3 rings (SSSR count). The van der Waals surface area contributed by atoms with Crippen molar-refractivity contribution in [3.8, 4) is 0 Å². The lowest BCUT2D eigenvalue weighted by molar-refractivity contribution is -0.130. The summed E-state index contributed by atoms with van der Waals surface area (Å²) in [7, 11) is 0. The van der Waals surface area contributed by atoms with Crippen LogP contribution in [-0.4, -0.2) is 35.8 Å². The Hall–Kier alpha value is -1.88. The lowest BCUT2D eigenvalue weighted by Gasteiger charge is -2.33. The Morgan fingerprint density at radius 3 is 2.73 bits per heavy atom. The fourth-order valence-electron chi connectivity index (χ4n) is 4.09. The van der Waals surface area contributed by atoms with Crippen molar-refractivity contribution >= 4 is 17.5 Å². The van der Waals surface area contributed by atoms with Crippen molar-refractivity contribution in [1.82, 2.24) is 10.2 Å². The molecule has 0 aromatic heterocycles. The molecule has 1 heterocycles. The normalized spacial score (nSPS) is 26.2. The highest BCUT2D eigenvalue weighted by atomic mass is 16.2. The highest BCUT2D eigenvalue weighted by Gasteiger charge is 2.38. The van der Waals surface area contributed by atoms with Crippen molar-refractivity contribution in [3.63, 3.8) is 0 Å². The molecule has 142 valence electrons. The number of amides is 2. The summed E-state index contributed by atoms with van der Waals surface area (Å²) >= 11 is 0. The van der Waals surface area contributed by atoms with Crippen LogP contribution in [0.4, 0.5) is 5.69 Å². The molecule has 1 aromatic carbocycles. The molecule has 2 fully saturated rings. The first-order valence-corrected chi connectivity index (χ1v) is 9.96. The van der Waals surface area contributed by atoms with E-state index in [0.717, 1.165) is 43.1 Å². The average Bonchev–Trinajstić information content (AvgIpc) is 3.03. The predicted molar refractivity (Wildman–Crippen MR) is 104 cm³/mol. The van der Waals surface area contributed by atoms with E-state index < -0.39 is 0 Å². The lowest BCUT2D eigenvalue weighted by atomic mass is 9.87. The molecule has 5 nitrogen and oxygen atoms in total. The van der Waals surface area contributed by atoms with Gasteiger partial charge in [-0.15, -0.1) is 0 Å². The molecule has 1 unspecified atom stereocenters. The van der Waals surface area contributed by atoms with Crippen LogP contribution in [0.25, 0.3) is 0 Å². The third kappa shape index (κ3) is 4.64. The highest BCUT2D eigenvalue weighted by Crippen LogP contribution is 2.31. The summed E-state index contributed by atoms with van der Waals surface area (Å²) in [4.78, 5) is 27.1. The molecule has 2 amide bonds. The standard InChI is InChI=1S/C21H31N3O2/c1-3-22-13-16-5-4-6-18(11-16)23-21(26)17-12-20(25)24(14-17)19-9-7-15(2)8-10-19/h4-6,11,15,17,19,22H,3,7-10,12-14H2,1-2H3,(H,23,26). The van der Waals surface area contributed by atoms with E-state index in [-0.39, 0.29) is 17.7 Å². The van der Waals surface area contributed by atoms with Crippen LogP contribution in [-0.2, 0) is 16.1 Å². The zero-order chi connectivity index (χ0) is 18.5. The first-order valence-electron chi connectivity index (χ1n) is 9.96. The van der Waals surface area contributed by atoms with E-state index in [2.05, 4.69) is 24.5 Å². The molecule has 0 bridgehead atoms. The van der Waals surface area contributed by atoms with Gasteiger partial charge in [-0.25, -0.2) is 0 Å². The van der Waals surface area contributed by atoms with Gasteiger partial charge in [0, 0.05) is 31.2 Å². The third-order valence-electron chi connectivity index (χ3n) is 5.73. The molecule has 1 saturated heterocycles. The Bertz CT molecular complexity index is 638. The molecule has 1 aliphatic heterocycles. The van der Waals surface area contributed by atoms with Gasteiger partial charge in [0.1, 0.15) is 0 Å². The average molecular weight is 357 g/mol. The van der Waals surface area contributed by atoms with Gasteiger partial charge in [-0.1, -0.05) is 26.0 Å². The molecule has 0 radical (unpaired) electrons. The summed E-state index contributed by atoms with van der Waals surface area (Å²) in [5.74, 6) is 0.632. The Morgan fingerprint density at radius 1 is 1.23 bits per heavy atom. The van der Waals surface area contributed by atoms with E-state index in [1.807, 2.05) is 29.2 Å². The van der Waals surface area contributed by atoms with Crippen LogP contribution in [0.2, 0.25) is 0 Å². The molecular formula is C21H31N3O2. The maximum absolute atomic E-state index is 12.7. The number of anilines is 1. The van der Waals surface area contributed by atoms with Crippen molar-refractivity contribution in [2.45, 2.75) is 58.5 Å². The maximum Gasteiger partial charge on any atom is 0.229 e. The summed E-state index contributed by atoms with van der Waals surface area (Å²) in [5, 5.41) is 6.29. The highest BCUT2D eigenvalue weighted by molar-refractivity contribution is 5.97. The number of likely N-dealkylation sites (tertiary alicyclic amines) is 1. The molecule has 1 aliphatic carbocycles. The smallest absolute Gasteiger partial charge is 0.229 e. The van der Waals surface area contributed by atoms with Gasteiger partial charge in [-0.05, 0) is 55.8 Å². The van der Waals surface area contributed by atoms with Crippen molar-refractivity contribution in [3.05, 3.63) is 29.8 Å². The molecule has 26 heavy (non-hydrogen) atoms. The number of hydrogen-bond donors (Lipinski definition) is 2. The molecule has 2 N–H and O–H groups in total. The second-order valence-corrected chi connectivity index (χ2v) is 7.83. The molecule has 0 spiro atoms. The largest absolute Gasteiger partial charge is 0.339 e. The fraction of sp³-hybridized carbons (Fsp3) is 0.619. The molecule has 5 heteroatoms. The van der Waals surface area contributed by atoms with E-state index in [1.165, 1.54) is 12.8 Å². The molecule has 2 aliphatic rings.